The lowest BCUT2D eigenvalue weighted by molar-refractivity contribution is -0.123. The van der Waals surface area contributed by atoms with E-state index in [2.05, 4.69) is 10.3 Å². The molecule has 1 amide bonds. The maximum Gasteiger partial charge on any atom is 0.355 e. The maximum absolute atomic E-state index is 12.5. The molecule has 160 valence electrons. The van der Waals surface area contributed by atoms with E-state index in [-0.39, 0.29) is 17.9 Å². The molecular formula is C21H24N2O7. The molecule has 0 unspecified atom stereocenters. The third kappa shape index (κ3) is 4.40. The van der Waals surface area contributed by atoms with E-state index in [4.69, 9.17) is 18.9 Å². The number of carbonyl (C=O) groups is 3. The van der Waals surface area contributed by atoms with Crippen LogP contribution in [0.25, 0.3) is 0 Å². The van der Waals surface area contributed by atoms with E-state index in [0.717, 1.165) is 0 Å². The Kier molecular flexibility index (Phi) is 6.29. The average Bonchev–Trinajstić information content (AvgIpc) is 3.02. The summed E-state index contributed by atoms with van der Waals surface area (Å²) in [6.07, 6.45) is -1.07. The number of anilines is 1. The van der Waals surface area contributed by atoms with Crippen LogP contribution in [0, 0.1) is 13.8 Å². The summed E-state index contributed by atoms with van der Waals surface area (Å²) in [6.45, 7) is 7.57. The van der Waals surface area contributed by atoms with Crippen LogP contribution in [0.3, 0.4) is 0 Å². The molecule has 0 bridgehead atoms. The van der Waals surface area contributed by atoms with Crippen molar-refractivity contribution in [2.45, 2.75) is 33.8 Å². The zero-order valence-corrected chi connectivity index (χ0v) is 17.3. The Labute approximate surface area is 173 Å². The van der Waals surface area contributed by atoms with Gasteiger partial charge >= 0.3 is 11.9 Å². The second-order valence-electron chi connectivity index (χ2n) is 6.74. The lowest BCUT2D eigenvalue weighted by atomic mass is 10.1. The Bertz CT molecular complexity index is 980. The minimum Gasteiger partial charge on any atom is -0.486 e. The van der Waals surface area contributed by atoms with Gasteiger partial charge in [-0.1, -0.05) is 0 Å². The predicted octanol–water partition coefficient (Wildman–Crippen LogP) is 2.76. The van der Waals surface area contributed by atoms with Crippen LogP contribution in [0.4, 0.5) is 5.69 Å². The monoisotopic (exact) mass is 416 g/mol. The number of ether oxygens (including phenoxy) is 4. The Morgan fingerprint density at radius 3 is 2.53 bits per heavy atom. The number of amides is 1. The number of rotatable bonds is 6. The molecule has 30 heavy (non-hydrogen) atoms. The minimum atomic E-state index is -1.07. The van der Waals surface area contributed by atoms with E-state index < -0.39 is 23.9 Å². The summed E-state index contributed by atoms with van der Waals surface area (Å²) in [6, 6.07) is 5.01. The van der Waals surface area contributed by atoms with Crippen molar-refractivity contribution in [2.75, 3.05) is 25.1 Å². The third-order valence-electron chi connectivity index (χ3n) is 4.58. The Hall–Kier alpha value is -3.49. The third-order valence-corrected chi connectivity index (χ3v) is 4.58. The Morgan fingerprint density at radius 1 is 1.13 bits per heavy atom. The van der Waals surface area contributed by atoms with E-state index in [1.807, 2.05) is 0 Å². The van der Waals surface area contributed by atoms with Crippen molar-refractivity contribution in [3.8, 4) is 11.5 Å². The number of benzene rings is 1. The van der Waals surface area contributed by atoms with Gasteiger partial charge in [0.15, 0.2) is 17.6 Å². The van der Waals surface area contributed by atoms with Crippen LogP contribution in [0.1, 0.15) is 46.0 Å². The summed E-state index contributed by atoms with van der Waals surface area (Å²) in [4.78, 5) is 39.9. The number of aryl methyl sites for hydroxylation is 1. The van der Waals surface area contributed by atoms with Gasteiger partial charge in [-0.2, -0.15) is 0 Å². The van der Waals surface area contributed by atoms with E-state index in [1.54, 1.807) is 39.0 Å². The number of hydrogen-bond acceptors (Lipinski definition) is 7. The topological polar surface area (TPSA) is 116 Å². The number of aromatic nitrogens is 1. The van der Waals surface area contributed by atoms with Crippen molar-refractivity contribution < 1.29 is 33.3 Å². The zero-order valence-electron chi connectivity index (χ0n) is 17.3. The van der Waals surface area contributed by atoms with Crippen molar-refractivity contribution in [1.82, 2.24) is 4.98 Å². The number of esters is 2. The molecule has 0 fully saturated rings. The van der Waals surface area contributed by atoms with Gasteiger partial charge in [0.05, 0.1) is 12.2 Å². The first-order chi connectivity index (χ1) is 14.3. The fraction of sp³-hybridized carbons (Fsp3) is 0.381. The summed E-state index contributed by atoms with van der Waals surface area (Å²) >= 11 is 0. The number of aromatic amines is 1. The average molecular weight is 416 g/mol. The van der Waals surface area contributed by atoms with Gasteiger partial charge in [0.2, 0.25) is 0 Å². The molecule has 2 aromatic rings. The number of H-pyrrole nitrogens is 1. The second kappa shape index (κ2) is 8.89. The lowest BCUT2D eigenvalue weighted by Crippen LogP contribution is -2.30. The zero-order chi connectivity index (χ0) is 21.8. The molecule has 2 heterocycles. The molecule has 2 N–H and O–H groups in total. The van der Waals surface area contributed by atoms with Gasteiger partial charge in [0.1, 0.15) is 18.9 Å². The summed E-state index contributed by atoms with van der Waals surface area (Å²) in [5.74, 6) is -0.629. The molecule has 0 radical (unpaired) electrons. The van der Waals surface area contributed by atoms with Gasteiger partial charge in [0, 0.05) is 17.4 Å². The van der Waals surface area contributed by atoms with Gasteiger partial charge < -0.3 is 29.2 Å². The molecule has 9 nitrogen and oxygen atoms in total. The maximum atomic E-state index is 12.5. The molecule has 0 saturated heterocycles. The van der Waals surface area contributed by atoms with Crippen molar-refractivity contribution in [3.63, 3.8) is 0 Å². The SMILES string of the molecule is CCOC(=O)c1c(C)[nH]c(C(=O)O[C@H](C)C(=O)Nc2ccc3c(c2)OCCO3)c1C. The summed E-state index contributed by atoms with van der Waals surface area (Å²) in [7, 11) is 0. The first kappa shape index (κ1) is 21.2. The van der Waals surface area contributed by atoms with Gasteiger partial charge in [-0.15, -0.1) is 0 Å². The van der Waals surface area contributed by atoms with Crippen LogP contribution in [0.5, 0.6) is 11.5 Å². The first-order valence-corrected chi connectivity index (χ1v) is 9.59. The summed E-state index contributed by atoms with van der Waals surface area (Å²) in [5, 5.41) is 2.68. The number of fused-ring (bicyclic) bond motifs is 1. The number of hydrogen-bond donors (Lipinski definition) is 2. The van der Waals surface area contributed by atoms with Gasteiger partial charge in [-0.05, 0) is 45.4 Å². The second-order valence-corrected chi connectivity index (χ2v) is 6.74. The Morgan fingerprint density at radius 2 is 1.83 bits per heavy atom. The molecular weight excluding hydrogens is 392 g/mol. The van der Waals surface area contributed by atoms with Crippen LogP contribution in [0.2, 0.25) is 0 Å². The highest BCUT2D eigenvalue weighted by molar-refractivity contribution is 6.00. The molecule has 0 aliphatic carbocycles. The molecule has 1 aliphatic heterocycles. The predicted molar refractivity (Wildman–Crippen MR) is 107 cm³/mol. The highest BCUT2D eigenvalue weighted by Crippen LogP contribution is 2.32. The highest BCUT2D eigenvalue weighted by atomic mass is 16.6. The normalized spacial score (nSPS) is 13.3. The molecule has 0 saturated carbocycles. The standard InChI is InChI=1S/C21H24N2O7/c1-5-27-20(25)17-11(2)18(22-12(17)3)21(26)30-13(4)19(24)23-14-6-7-15-16(10-14)29-9-8-28-15/h6-7,10,13,22H,5,8-9H2,1-4H3,(H,23,24)/t13-/m1/s1. The van der Waals surface area contributed by atoms with Crippen molar-refractivity contribution in [2.24, 2.45) is 0 Å². The number of carbonyl (C=O) groups excluding carboxylic acids is 3. The van der Waals surface area contributed by atoms with Crippen LogP contribution < -0.4 is 14.8 Å². The smallest absolute Gasteiger partial charge is 0.355 e. The van der Waals surface area contributed by atoms with E-state index >= 15 is 0 Å². The largest absolute Gasteiger partial charge is 0.486 e. The summed E-state index contributed by atoms with van der Waals surface area (Å²) < 4.78 is 21.2. The minimum absolute atomic E-state index is 0.106. The first-order valence-electron chi connectivity index (χ1n) is 9.59. The molecule has 1 aromatic heterocycles. The molecule has 1 aliphatic rings. The van der Waals surface area contributed by atoms with Crippen molar-refractivity contribution in [1.29, 1.82) is 0 Å². The lowest BCUT2D eigenvalue weighted by Gasteiger charge is -2.19. The summed E-state index contributed by atoms with van der Waals surface area (Å²) in [5.41, 5.74) is 1.79. The van der Waals surface area contributed by atoms with Crippen LogP contribution in [-0.4, -0.2) is 48.8 Å². The highest BCUT2D eigenvalue weighted by Gasteiger charge is 2.26. The molecule has 3 rings (SSSR count). The molecule has 1 aromatic carbocycles. The van der Waals surface area contributed by atoms with Crippen LogP contribution in [-0.2, 0) is 14.3 Å². The van der Waals surface area contributed by atoms with Crippen molar-refractivity contribution >= 4 is 23.5 Å². The van der Waals surface area contributed by atoms with Gasteiger partial charge in [-0.3, -0.25) is 4.79 Å². The van der Waals surface area contributed by atoms with Crippen molar-refractivity contribution in [3.05, 3.63) is 40.7 Å². The van der Waals surface area contributed by atoms with E-state index in [1.165, 1.54) is 6.92 Å². The molecule has 9 heteroatoms. The van der Waals surface area contributed by atoms with Crippen LogP contribution in [0.15, 0.2) is 18.2 Å². The quantitative estimate of drug-likeness (QED) is 0.696. The van der Waals surface area contributed by atoms with Gasteiger partial charge in [0.25, 0.3) is 5.91 Å². The Balaban J connectivity index is 1.66. The number of nitrogens with one attached hydrogen (secondary N) is 2. The molecule has 1 atom stereocenters. The fourth-order valence-corrected chi connectivity index (χ4v) is 3.10. The molecule has 0 spiro atoms. The van der Waals surface area contributed by atoms with Crippen LogP contribution >= 0.6 is 0 Å². The van der Waals surface area contributed by atoms with E-state index in [0.29, 0.717) is 41.7 Å². The van der Waals surface area contributed by atoms with Gasteiger partial charge in [-0.25, -0.2) is 9.59 Å². The van der Waals surface area contributed by atoms with E-state index in [9.17, 15) is 14.4 Å². The fourth-order valence-electron chi connectivity index (χ4n) is 3.10.